The quantitative estimate of drug-likeness (QED) is 0.159. The van der Waals surface area contributed by atoms with Crippen LogP contribution in [0.4, 0.5) is 17.1 Å². The predicted molar refractivity (Wildman–Crippen MR) is 370 cm³/mol. The minimum absolute atomic E-state index is 0.185. The van der Waals surface area contributed by atoms with Crippen LogP contribution in [0.25, 0.3) is 127 Å². The number of rotatable bonds is 7. The lowest BCUT2D eigenvalue weighted by Gasteiger charge is -2.33. The molecule has 0 saturated carbocycles. The van der Waals surface area contributed by atoms with Crippen LogP contribution in [-0.2, 0) is 10.8 Å². The zero-order valence-corrected chi connectivity index (χ0v) is 49.2. The SMILES string of the molecule is CC1(C)c2ccccc2-c2ccc(N(c3ccc4c(c3)oc3cc5ccccc5cc34)c3ccc4c5ccccc5n(-c5ccc(-c6cccc7c6C6(c8ccccc8-c8ccc(-c9ccccc9)cc86)c6cc(-c8ccccc8)ccc6-7)cc5)c4c3)cc21. The Hall–Kier alpha value is -11.3. The van der Waals surface area contributed by atoms with Crippen molar-refractivity contribution in [2.75, 3.05) is 4.90 Å². The highest BCUT2D eigenvalue weighted by molar-refractivity contribution is 6.13. The van der Waals surface area contributed by atoms with E-state index in [0.717, 1.165) is 55.7 Å². The van der Waals surface area contributed by atoms with E-state index in [4.69, 9.17) is 4.42 Å². The lowest BCUT2D eigenvalue weighted by Crippen LogP contribution is -2.26. The summed E-state index contributed by atoms with van der Waals surface area (Å²) in [5.74, 6) is 0. The molecule has 0 bridgehead atoms. The molecule has 19 rings (SSSR count). The van der Waals surface area contributed by atoms with Crippen molar-refractivity contribution in [3.8, 4) is 72.4 Å². The van der Waals surface area contributed by atoms with Gasteiger partial charge in [0.15, 0.2) is 0 Å². The second-order valence-electron chi connectivity index (χ2n) is 25.1. The van der Waals surface area contributed by atoms with Crippen molar-refractivity contribution in [2.24, 2.45) is 0 Å². The normalized spacial score (nSPS) is 14.8. The summed E-state index contributed by atoms with van der Waals surface area (Å²) in [5, 5.41) is 7.00. The van der Waals surface area contributed by atoms with Crippen LogP contribution in [0.1, 0.15) is 47.2 Å². The molecule has 416 valence electrons. The van der Waals surface area contributed by atoms with Crippen LogP contribution in [0.15, 0.2) is 308 Å². The minimum atomic E-state index is -0.599. The van der Waals surface area contributed by atoms with Gasteiger partial charge in [0.25, 0.3) is 0 Å². The number of furan rings is 1. The smallest absolute Gasteiger partial charge is 0.137 e. The van der Waals surface area contributed by atoms with Gasteiger partial charge in [-0.2, -0.15) is 0 Å². The van der Waals surface area contributed by atoms with Crippen LogP contribution in [-0.4, -0.2) is 4.57 Å². The summed E-state index contributed by atoms with van der Waals surface area (Å²) < 4.78 is 9.28. The van der Waals surface area contributed by atoms with Crippen molar-refractivity contribution in [2.45, 2.75) is 24.7 Å². The molecule has 0 radical (unpaired) electrons. The highest BCUT2D eigenvalue weighted by Crippen LogP contribution is 2.65. The molecule has 16 aromatic rings. The summed E-state index contributed by atoms with van der Waals surface area (Å²) in [7, 11) is 0. The summed E-state index contributed by atoms with van der Waals surface area (Å²) in [6, 6.07) is 113. The van der Waals surface area contributed by atoms with Crippen molar-refractivity contribution in [3.05, 3.63) is 337 Å². The Morgan fingerprint density at radius 2 is 0.798 bits per heavy atom. The van der Waals surface area contributed by atoms with Crippen LogP contribution in [0, 0.1) is 0 Å². The van der Waals surface area contributed by atoms with Gasteiger partial charge in [-0.25, -0.2) is 0 Å². The highest BCUT2D eigenvalue weighted by Gasteiger charge is 2.53. The molecule has 3 nitrogen and oxygen atoms in total. The fraction of sp³-hybridized carbons (Fsp3) is 0.0465. The van der Waals surface area contributed by atoms with Crippen LogP contribution in [0.2, 0.25) is 0 Å². The Balaban J connectivity index is 0.789. The summed E-state index contributed by atoms with van der Waals surface area (Å²) in [5.41, 5.74) is 30.5. The van der Waals surface area contributed by atoms with E-state index < -0.39 is 5.41 Å². The first kappa shape index (κ1) is 49.9. The molecule has 2 aromatic heterocycles. The number of hydrogen-bond donors (Lipinski definition) is 0. The van der Waals surface area contributed by atoms with Crippen molar-refractivity contribution < 1.29 is 4.42 Å². The molecule has 1 unspecified atom stereocenters. The zero-order chi connectivity index (χ0) is 58.7. The first-order chi connectivity index (χ1) is 43.9. The number of benzene rings is 14. The van der Waals surface area contributed by atoms with Crippen LogP contribution in [0.5, 0.6) is 0 Å². The van der Waals surface area contributed by atoms with Gasteiger partial charge in [-0.15, -0.1) is 0 Å². The van der Waals surface area contributed by atoms with Gasteiger partial charge in [-0.3, -0.25) is 0 Å². The standard InChI is InChI=1S/C86H56N2O/c1-85(2)75-29-14-11-24-65(75)67-43-38-61(50-77(67)85)87(63-40-45-72-74-46-56-22-9-10-23-57(56)49-82(74)89-83(72)52-63)62-39-44-71-70-26-13-16-31-80(70)88(81(71)51-62)60-36-32-55(33-37-60)64-27-17-28-73-69-42-35-59(54-20-7-4-8-21-54)48-79(69)86(84(64)73)76-30-15-12-25-66(76)68-41-34-58(47-78(68)86)53-18-5-3-6-19-53/h3-52H,1-2H3. The van der Waals surface area contributed by atoms with E-state index in [-0.39, 0.29) is 5.41 Å². The number of para-hydroxylation sites is 1. The predicted octanol–water partition coefficient (Wildman–Crippen LogP) is 23.0. The molecule has 3 heteroatoms. The van der Waals surface area contributed by atoms with E-state index in [1.165, 1.54) is 122 Å². The van der Waals surface area contributed by atoms with Crippen molar-refractivity contribution in [1.82, 2.24) is 4.57 Å². The third kappa shape index (κ3) is 7.10. The molecule has 1 atom stereocenters. The van der Waals surface area contributed by atoms with Crippen LogP contribution < -0.4 is 4.90 Å². The second kappa shape index (κ2) is 18.6. The van der Waals surface area contributed by atoms with Gasteiger partial charge in [-0.1, -0.05) is 232 Å². The third-order valence-electron chi connectivity index (χ3n) is 20.2. The van der Waals surface area contributed by atoms with Gasteiger partial charge >= 0.3 is 0 Å². The van der Waals surface area contributed by atoms with E-state index in [0.29, 0.717) is 0 Å². The fourth-order valence-electron chi connectivity index (χ4n) is 16.1. The van der Waals surface area contributed by atoms with E-state index in [1.807, 2.05) is 0 Å². The topological polar surface area (TPSA) is 21.3 Å². The molecule has 89 heavy (non-hydrogen) atoms. The second-order valence-corrected chi connectivity index (χ2v) is 25.1. The first-order valence-corrected chi connectivity index (χ1v) is 31.0. The lowest BCUT2D eigenvalue weighted by atomic mass is 9.68. The average molecular weight is 1130 g/mol. The minimum Gasteiger partial charge on any atom is -0.456 e. The molecule has 1 spiro atoms. The maximum atomic E-state index is 6.81. The third-order valence-corrected chi connectivity index (χ3v) is 20.2. The molecule has 3 aliphatic carbocycles. The Kier molecular flexibility index (Phi) is 10.5. The van der Waals surface area contributed by atoms with Crippen molar-refractivity contribution >= 4 is 71.6 Å². The molecule has 0 saturated heterocycles. The summed E-state index contributed by atoms with van der Waals surface area (Å²) in [6.07, 6.45) is 0. The molecular weight excluding hydrogens is 1080 g/mol. The number of anilines is 3. The van der Waals surface area contributed by atoms with Crippen LogP contribution in [0.3, 0.4) is 0 Å². The van der Waals surface area contributed by atoms with Crippen molar-refractivity contribution in [3.63, 3.8) is 0 Å². The van der Waals surface area contributed by atoms with E-state index in [9.17, 15) is 0 Å². The van der Waals surface area contributed by atoms with Gasteiger partial charge in [0.05, 0.1) is 16.4 Å². The van der Waals surface area contributed by atoms with Crippen molar-refractivity contribution in [1.29, 1.82) is 0 Å². The van der Waals surface area contributed by atoms with Gasteiger partial charge in [0, 0.05) is 55.8 Å². The van der Waals surface area contributed by atoms with E-state index in [2.05, 4.69) is 327 Å². The molecular formula is C86H56N2O. The van der Waals surface area contributed by atoms with Crippen LogP contribution >= 0.6 is 0 Å². The van der Waals surface area contributed by atoms with E-state index >= 15 is 0 Å². The van der Waals surface area contributed by atoms with E-state index in [1.54, 1.807) is 0 Å². The maximum Gasteiger partial charge on any atom is 0.137 e. The Labute approximate surface area is 516 Å². The summed E-state index contributed by atoms with van der Waals surface area (Å²) >= 11 is 0. The average Bonchev–Trinajstić information content (AvgIpc) is 1.51. The molecule has 0 N–H and O–H groups in total. The van der Waals surface area contributed by atoms with Gasteiger partial charge in [-0.05, 0) is 190 Å². The lowest BCUT2D eigenvalue weighted by molar-refractivity contribution is 0.660. The molecule has 0 aliphatic heterocycles. The molecule has 2 heterocycles. The zero-order valence-electron chi connectivity index (χ0n) is 49.2. The molecule has 0 fully saturated rings. The number of hydrogen-bond acceptors (Lipinski definition) is 2. The van der Waals surface area contributed by atoms with Gasteiger partial charge in [0.2, 0.25) is 0 Å². The maximum absolute atomic E-state index is 6.81. The monoisotopic (exact) mass is 1130 g/mol. The summed E-state index contributed by atoms with van der Waals surface area (Å²) in [4.78, 5) is 2.43. The van der Waals surface area contributed by atoms with Gasteiger partial charge < -0.3 is 13.9 Å². The number of nitrogens with zero attached hydrogens (tertiary/aromatic N) is 2. The first-order valence-electron chi connectivity index (χ1n) is 31.0. The number of fused-ring (bicyclic) bond motifs is 20. The summed E-state index contributed by atoms with van der Waals surface area (Å²) in [6.45, 7) is 4.73. The largest absolute Gasteiger partial charge is 0.456 e. The number of aromatic nitrogens is 1. The molecule has 0 amide bonds. The van der Waals surface area contributed by atoms with Gasteiger partial charge in [0.1, 0.15) is 11.2 Å². The Morgan fingerprint density at radius 1 is 0.292 bits per heavy atom. The Morgan fingerprint density at radius 3 is 1.54 bits per heavy atom. The Bertz CT molecular complexity index is 5590. The fourth-order valence-corrected chi connectivity index (χ4v) is 16.1. The molecule has 14 aromatic carbocycles. The highest BCUT2D eigenvalue weighted by atomic mass is 16.3. The molecule has 3 aliphatic rings.